The van der Waals surface area contributed by atoms with E-state index in [1.54, 1.807) is 6.92 Å². The lowest BCUT2D eigenvalue weighted by atomic mass is 10.6. The third kappa shape index (κ3) is 6.47. The lowest BCUT2D eigenvalue weighted by Crippen LogP contribution is -2.28. The Bertz CT molecular complexity index is 145. The number of nitrogens with zero attached hydrogens (tertiary/aromatic N) is 1. The summed E-state index contributed by atoms with van der Waals surface area (Å²) in [4.78, 5) is 0. The third-order valence-electron chi connectivity index (χ3n) is 1.53. The Morgan fingerprint density at radius 2 is 1.71 bits per heavy atom. The summed E-state index contributed by atoms with van der Waals surface area (Å²) < 4.78 is 47.0. The Morgan fingerprint density at radius 1 is 1.14 bits per heavy atom. The fraction of sp³-hybridized carbons (Fsp3) is 1.00. The number of halogens is 3. The van der Waals surface area contributed by atoms with Crippen LogP contribution in [0.3, 0.4) is 0 Å². The van der Waals surface area contributed by atoms with E-state index in [1.807, 2.05) is 0 Å². The van der Waals surface area contributed by atoms with Crippen molar-refractivity contribution in [1.82, 2.24) is 4.31 Å². The van der Waals surface area contributed by atoms with E-state index in [0.717, 1.165) is 0 Å². The van der Waals surface area contributed by atoms with Gasteiger partial charge in [0.25, 0.3) is 11.4 Å². The van der Waals surface area contributed by atoms with Gasteiger partial charge in [-0.25, -0.2) is 0 Å². The molecule has 0 fully saturated rings. The van der Waals surface area contributed by atoms with Gasteiger partial charge in [-0.15, -0.1) is 11.7 Å². The van der Waals surface area contributed by atoms with Crippen molar-refractivity contribution in [2.24, 2.45) is 0 Å². The summed E-state index contributed by atoms with van der Waals surface area (Å²) in [6.45, 7) is 2.13. The Hall–Kier alpha value is 0.0200. The minimum absolute atomic E-state index is 0.0820. The maximum Gasteiger partial charge on any atom is 0.278 e. The van der Waals surface area contributed by atoms with E-state index in [4.69, 9.17) is 4.74 Å². The van der Waals surface area contributed by atoms with Gasteiger partial charge in [-0.2, -0.15) is 4.31 Å². The molecule has 0 N–H and O–H groups in total. The van der Waals surface area contributed by atoms with Gasteiger partial charge in [0, 0.05) is 26.8 Å². The molecule has 0 amide bonds. The van der Waals surface area contributed by atoms with Crippen LogP contribution in [0, 0.1) is 0 Å². The van der Waals surface area contributed by atoms with Gasteiger partial charge in [0.1, 0.15) is 0 Å². The molecule has 0 aromatic rings. The highest BCUT2D eigenvalue weighted by Gasteiger charge is 2.30. The summed E-state index contributed by atoms with van der Waals surface area (Å²) in [6.07, 6.45) is 0. The molecule has 88 valence electrons. The maximum atomic E-state index is 12.4. The van der Waals surface area contributed by atoms with Crippen molar-refractivity contribution in [3.05, 3.63) is 0 Å². The van der Waals surface area contributed by atoms with Gasteiger partial charge in [0.15, 0.2) is 0 Å². The molecule has 0 saturated carbocycles. The van der Waals surface area contributed by atoms with Crippen LogP contribution in [0.5, 0.6) is 0 Å². The van der Waals surface area contributed by atoms with E-state index in [0.29, 0.717) is 10.9 Å². The van der Waals surface area contributed by atoms with E-state index < -0.39 is 11.4 Å². The Kier molecular flexibility index (Phi) is 7.34. The second-order valence-electron chi connectivity index (χ2n) is 2.50. The second kappa shape index (κ2) is 7.33. The number of methoxy groups -OCH3 is 1. The molecule has 0 unspecified atom stereocenters. The van der Waals surface area contributed by atoms with Crippen LogP contribution >= 0.6 is 11.4 Å². The van der Waals surface area contributed by atoms with Crippen LogP contribution in [0.25, 0.3) is 0 Å². The lowest BCUT2D eigenvalue weighted by Gasteiger charge is -2.26. The Balaban J connectivity index is 3.85. The van der Waals surface area contributed by atoms with Crippen molar-refractivity contribution in [2.45, 2.75) is 6.92 Å². The number of hydrogen-bond acceptors (Lipinski definition) is 3. The first-order valence-corrected chi connectivity index (χ1v) is 5.55. The van der Waals surface area contributed by atoms with Crippen LogP contribution in [0.2, 0.25) is 0 Å². The molecule has 14 heavy (non-hydrogen) atoms. The van der Waals surface area contributed by atoms with Gasteiger partial charge < -0.3 is 9.47 Å². The van der Waals surface area contributed by atoms with Crippen LogP contribution in [0.15, 0.2) is 0 Å². The predicted octanol–water partition coefficient (Wildman–Crippen LogP) is 2.34. The van der Waals surface area contributed by atoms with E-state index in [1.165, 1.54) is 7.11 Å². The van der Waals surface area contributed by atoms with Gasteiger partial charge in [0.2, 0.25) is 0 Å². The summed E-state index contributed by atoms with van der Waals surface area (Å²) in [7, 11) is 1.38. The molecule has 7 heteroatoms. The first kappa shape index (κ1) is 14.0. The van der Waals surface area contributed by atoms with Crippen LogP contribution in [-0.4, -0.2) is 44.3 Å². The van der Waals surface area contributed by atoms with Crippen LogP contribution in [0.1, 0.15) is 6.92 Å². The number of rotatable bonds is 8. The normalized spacial score (nSPS) is 13.6. The zero-order valence-corrected chi connectivity index (χ0v) is 9.16. The van der Waals surface area contributed by atoms with Gasteiger partial charge in [0.05, 0.1) is 13.2 Å². The molecule has 0 aliphatic rings. The standard InChI is InChI=1S/C7H16F3NO2S/c1-3-13-7-5-11(4-6-12-2)14(8,9)10/h3-7H2,1-2H3. The molecular weight excluding hydrogens is 219 g/mol. The molecule has 0 bridgehead atoms. The smallest absolute Gasteiger partial charge is 0.278 e. The summed E-state index contributed by atoms with van der Waals surface area (Å²) in [6, 6.07) is 0. The Labute approximate surface area is 84.5 Å². The summed E-state index contributed by atoms with van der Waals surface area (Å²) in [5.41, 5.74) is 0. The van der Waals surface area contributed by atoms with Crippen LogP contribution in [-0.2, 0) is 9.47 Å². The first-order chi connectivity index (χ1) is 6.52. The molecule has 0 saturated heterocycles. The highest BCUT2D eigenvalue weighted by atomic mass is 32.3. The van der Waals surface area contributed by atoms with Crippen molar-refractivity contribution in [1.29, 1.82) is 0 Å². The third-order valence-corrected chi connectivity index (χ3v) is 2.48. The average molecular weight is 235 g/mol. The van der Waals surface area contributed by atoms with E-state index in [9.17, 15) is 11.7 Å². The second-order valence-corrected chi connectivity index (χ2v) is 3.78. The van der Waals surface area contributed by atoms with Crippen molar-refractivity contribution in [2.75, 3.05) is 40.0 Å². The van der Waals surface area contributed by atoms with Crippen molar-refractivity contribution < 1.29 is 21.1 Å². The van der Waals surface area contributed by atoms with Gasteiger partial charge in [-0.05, 0) is 6.92 Å². The van der Waals surface area contributed by atoms with E-state index in [2.05, 4.69) is 4.74 Å². The number of ether oxygens (including phenoxy) is 2. The van der Waals surface area contributed by atoms with Gasteiger partial charge >= 0.3 is 0 Å². The molecule has 0 radical (unpaired) electrons. The minimum Gasteiger partial charge on any atom is -0.383 e. The molecular formula is C7H16F3NO2S. The molecule has 0 aromatic heterocycles. The zero-order chi connectivity index (χ0) is 11.0. The molecule has 0 aliphatic heterocycles. The average Bonchev–Trinajstić information content (AvgIpc) is 2.09. The van der Waals surface area contributed by atoms with Gasteiger partial charge in [-0.3, -0.25) is 0 Å². The fourth-order valence-electron chi connectivity index (χ4n) is 0.823. The molecule has 0 spiro atoms. The predicted molar refractivity (Wildman–Crippen MR) is 50.9 cm³/mol. The number of hydrogen-bond donors (Lipinski definition) is 0. The largest absolute Gasteiger partial charge is 0.383 e. The summed E-state index contributed by atoms with van der Waals surface area (Å²) in [5.74, 6) is 0. The fourth-order valence-corrected chi connectivity index (χ4v) is 1.39. The van der Waals surface area contributed by atoms with Crippen molar-refractivity contribution in [3.8, 4) is 0 Å². The maximum absolute atomic E-state index is 12.4. The molecule has 0 rings (SSSR count). The van der Waals surface area contributed by atoms with Crippen molar-refractivity contribution >= 4 is 11.4 Å². The minimum atomic E-state index is -5.14. The first-order valence-electron chi connectivity index (χ1n) is 4.26. The zero-order valence-electron chi connectivity index (χ0n) is 8.34. The SMILES string of the molecule is CCOCCN(CCOC)S(F)(F)F. The summed E-state index contributed by atoms with van der Waals surface area (Å²) >= 11 is -5.14. The monoisotopic (exact) mass is 235 g/mol. The lowest BCUT2D eigenvalue weighted by molar-refractivity contribution is 0.120. The topological polar surface area (TPSA) is 21.7 Å². The highest BCUT2D eigenvalue weighted by molar-refractivity contribution is 8.18. The van der Waals surface area contributed by atoms with Crippen LogP contribution in [0.4, 0.5) is 11.7 Å². The van der Waals surface area contributed by atoms with E-state index >= 15 is 0 Å². The summed E-state index contributed by atoms with van der Waals surface area (Å²) in [5, 5.41) is 0. The van der Waals surface area contributed by atoms with Crippen molar-refractivity contribution in [3.63, 3.8) is 0 Å². The molecule has 0 aliphatic carbocycles. The molecule has 0 atom stereocenters. The van der Waals surface area contributed by atoms with Gasteiger partial charge in [-0.1, -0.05) is 0 Å². The highest BCUT2D eigenvalue weighted by Crippen LogP contribution is 2.56. The molecule has 3 nitrogen and oxygen atoms in total. The van der Waals surface area contributed by atoms with Crippen LogP contribution < -0.4 is 0 Å². The molecule has 0 aromatic carbocycles. The Morgan fingerprint density at radius 3 is 2.14 bits per heavy atom. The quantitative estimate of drug-likeness (QED) is 0.603. The molecule has 0 heterocycles. The van der Waals surface area contributed by atoms with E-state index in [-0.39, 0.29) is 26.3 Å².